The number of benzene rings is 2. The zero-order valence-electron chi connectivity index (χ0n) is 22.3. The lowest BCUT2D eigenvalue weighted by atomic mass is 10.2. The van der Waals surface area contributed by atoms with Crippen LogP contribution in [0.25, 0.3) is 5.52 Å². The van der Waals surface area contributed by atoms with Gasteiger partial charge in [-0.15, -0.1) is 0 Å². The molecule has 1 atom stereocenters. The number of aromatic nitrogens is 2. The van der Waals surface area contributed by atoms with E-state index in [0.717, 1.165) is 31.5 Å². The Morgan fingerprint density at radius 3 is 2.07 bits per heavy atom. The second kappa shape index (κ2) is 12.6. The van der Waals surface area contributed by atoms with E-state index in [1.54, 1.807) is 6.92 Å². The molecule has 0 aliphatic carbocycles. The molecule has 10 nitrogen and oxygen atoms in total. The van der Waals surface area contributed by atoms with E-state index in [-0.39, 0.29) is 36.3 Å². The van der Waals surface area contributed by atoms with Crippen molar-refractivity contribution in [2.75, 3.05) is 13.7 Å². The summed E-state index contributed by atoms with van der Waals surface area (Å²) < 4.78 is 66.5. The Morgan fingerprint density at radius 1 is 0.905 bits per heavy atom. The summed E-state index contributed by atoms with van der Waals surface area (Å²) >= 11 is 0. The number of fused-ring (bicyclic) bond motifs is 1. The zero-order chi connectivity index (χ0) is 30.6. The Balaban J connectivity index is 1.49. The van der Waals surface area contributed by atoms with E-state index >= 15 is 0 Å². The van der Waals surface area contributed by atoms with E-state index in [4.69, 9.17) is 9.47 Å². The van der Waals surface area contributed by atoms with Crippen LogP contribution in [0.15, 0.2) is 64.6 Å². The Morgan fingerprint density at radius 2 is 1.50 bits per heavy atom. The Hall–Kier alpha value is -5.14. The maximum absolute atomic E-state index is 13.9. The van der Waals surface area contributed by atoms with Crippen LogP contribution in [0.1, 0.15) is 34.5 Å². The third kappa shape index (κ3) is 6.43. The summed E-state index contributed by atoms with van der Waals surface area (Å²) in [7, 11) is 1.14. The van der Waals surface area contributed by atoms with Gasteiger partial charge < -0.3 is 29.1 Å². The largest absolute Gasteiger partial charge is 0.491 e. The first-order valence-electron chi connectivity index (χ1n) is 12.4. The summed E-state index contributed by atoms with van der Waals surface area (Å²) in [4.78, 5) is 51.2. The predicted octanol–water partition coefficient (Wildman–Crippen LogP) is 3.44. The monoisotopic (exact) mass is 588 g/mol. The van der Waals surface area contributed by atoms with Gasteiger partial charge in [0.1, 0.15) is 35.4 Å². The predicted molar refractivity (Wildman–Crippen MR) is 141 cm³/mol. The van der Waals surface area contributed by atoms with Gasteiger partial charge in [-0.3, -0.25) is 14.4 Å². The minimum Gasteiger partial charge on any atom is -0.491 e. The molecule has 4 aromatic rings. The SMILES string of the molecule is COc1c(=O)c(C(=O)NCc2ccc(F)cc2F)cn2ccn([C@@H](C)COC(=O)NCc3ccc(F)cc3F)c(=O)c12. The van der Waals surface area contributed by atoms with E-state index in [9.17, 15) is 36.7 Å². The molecule has 2 aromatic carbocycles. The molecule has 2 aromatic heterocycles. The Kier molecular flexibility index (Phi) is 8.93. The van der Waals surface area contributed by atoms with E-state index in [1.807, 2.05) is 0 Å². The van der Waals surface area contributed by atoms with Crippen LogP contribution in [-0.2, 0) is 17.8 Å². The van der Waals surface area contributed by atoms with Crippen molar-refractivity contribution >= 4 is 17.5 Å². The summed E-state index contributed by atoms with van der Waals surface area (Å²) in [5.41, 5.74) is -2.16. The minimum atomic E-state index is -0.913. The lowest BCUT2D eigenvalue weighted by Gasteiger charge is -2.18. The molecule has 0 unspecified atom stereocenters. The average molecular weight is 589 g/mol. The molecule has 0 fully saturated rings. The molecule has 0 saturated carbocycles. The van der Waals surface area contributed by atoms with Crippen molar-refractivity contribution in [1.29, 1.82) is 0 Å². The number of pyridine rings is 1. The number of methoxy groups -OCH3 is 1. The third-order valence-corrected chi connectivity index (χ3v) is 6.29. The highest BCUT2D eigenvalue weighted by Crippen LogP contribution is 2.15. The van der Waals surface area contributed by atoms with Crippen LogP contribution in [0.2, 0.25) is 0 Å². The topological polar surface area (TPSA) is 120 Å². The molecular weight excluding hydrogens is 564 g/mol. The number of carbonyl (C=O) groups excluding carboxylic acids is 2. The van der Waals surface area contributed by atoms with E-state index in [2.05, 4.69) is 10.6 Å². The summed E-state index contributed by atoms with van der Waals surface area (Å²) in [6, 6.07) is 5.01. The van der Waals surface area contributed by atoms with Crippen LogP contribution in [-0.4, -0.2) is 34.7 Å². The number of carbonyl (C=O) groups is 2. The van der Waals surface area contributed by atoms with Crippen molar-refractivity contribution < 1.29 is 36.6 Å². The molecule has 2 amide bonds. The van der Waals surface area contributed by atoms with Gasteiger partial charge in [0.05, 0.1) is 13.2 Å². The van der Waals surface area contributed by atoms with Crippen LogP contribution < -0.4 is 26.4 Å². The summed E-state index contributed by atoms with van der Waals surface area (Å²) in [5, 5.41) is 4.71. The Labute approximate surface area is 235 Å². The molecule has 2 heterocycles. The smallest absolute Gasteiger partial charge is 0.407 e. The lowest BCUT2D eigenvalue weighted by Crippen LogP contribution is -2.33. The van der Waals surface area contributed by atoms with Crippen LogP contribution >= 0.6 is 0 Å². The second-order valence-electron chi connectivity index (χ2n) is 9.13. The molecule has 0 aliphatic rings. The molecule has 0 aliphatic heterocycles. The number of halogens is 4. The molecule has 0 saturated heterocycles. The summed E-state index contributed by atoms with van der Waals surface area (Å²) in [6.07, 6.45) is 2.92. The first-order chi connectivity index (χ1) is 20.0. The van der Waals surface area contributed by atoms with Gasteiger partial charge in [-0.2, -0.15) is 0 Å². The second-order valence-corrected chi connectivity index (χ2v) is 9.13. The van der Waals surface area contributed by atoms with Crippen molar-refractivity contribution in [2.45, 2.75) is 26.1 Å². The van der Waals surface area contributed by atoms with Crippen LogP contribution in [0.4, 0.5) is 22.4 Å². The molecule has 0 spiro atoms. The van der Waals surface area contributed by atoms with Crippen LogP contribution in [0.3, 0.4) is 0 Å². The van der Waals surface area contributed by atoms with E-state index in [0.29, 0.717) is 12.1 Å². The normalized spacial score (nSPS) is 11.7. The van der Waals surface area contributed by atoms with Crippen molar-refractivity contribution in [3.63, 3.8) is 0 Å². The van der Waals surface area contributed by atoms with Crippen molar-refractivity contribution in [3.05, 3.63) is 116 Å². The number of amides is 2. The molecule has 14 heteroatoms. The van der Waals surface area contributed by atoms with Gasteiger partial charge in [-0.25, -0.2) is 22.4 Å². The molecular formula is C28H24F4N4O6. The van der Waals surface area contributed by atoms with Crippen molar-refractivity contribution in [3.8, 4) is 5.75 Å². The van der Waals surface area contributed by atoms with Crippen molar-refractivity contribution in [1.82, 2.24) is 19.6 Å². The molecule has 42 heavy (non-hydrogen) atoms. The molecule has 0 bridgehead atoms. The molecule has 2 N–H and O–H groups in total. The lowest BCUT2D eigenvalue weighted by molar-refractivity contribution is 0.0948. The minimum absolute atomic E-state index is 0.00648. The van der Waals surface area contributed by atoms with Crippen LogP contribution in [0.5, 0.6) is 5.75 Å². The number of ether oxygens (including phenoxy) is 2. The van der Waals surface area contributed by atoms with Crippen LogP contribution in [0, 0.1) is 23.3 Å². The highest BCUT2D eigenvalue weighted by atomic mass is 19.1. The van der Waals surface area contributed by atoms with Gasteiger partial charge in [0.25, 0.3) is 11.5 Å². The first kappa shape index (κ1) is 29.8. The highest BCUT2D eigenvalue weighted by Gasteiger charge is 2.22. The molecule has 0 radical (unpaired) electrons. The number of nitrogens with zero attached hydrogens (tertiary/aromatic N) is 2. The number of alkyl carbamates (subject to hydrolysis) is 1. The summed E-state index contributed by atoms with van der Waals surface area (Å²) in [5.74, 6) is -4.56. The number of nitrogens with one attached hydrogen (secondary N) is 2. The summed E-state index contributed by atoms with van der Waals surface area (Å²) in [6.45, 7) is 0.678. The van der Waals surface area contributed by atoms with Gasteiger partial charge in [0.15, 0.2) is 11.3 Å². The van der Waals surface area contributed by atoms with E-state index < -0.39 is 63.6 Å². The number of rotatable bonds is 9. The molecule has 4 rings (SSSR count). The van der Waals surface area contributed by atoms with Gasteiger partial charge in [0, 0.05) is 54.9 Å². The first-order valence-corrected chi connectivity index (χ1v) is 12.4. The maximum atomic E-state index is 13.9. The number of hydrogen-bond acceptors (Lipinski definition) is 6. The van der Waals surface area contributed by atoms with Gasteiger partial charge in [-0.05, 0) is 19.1 Å². The fourth-order valence-corrected chi connectivity index (χ4v) is 4.06. The number of hydrogen-bond donors (Lipinski definition) is 2. The fourth-order valence-electron chi connectivity index (χ4n) is 4.06. The van der Waals surface area contributed by atoms with E-state index in [1.165, 1.54) is 27.4 Å². The zero-order valence-corrected chi connectivity index (χ0v) is 22.3. The molecule has 220 valence electrons. The standard InChI is InChI=1S/C28H24F4N4O6/c1-15(14-42-28(40)34-12-17-4-6-19(30)10-22(17)32)36-8-7-35-13-20(24(37)25(41-2)23(35)27(36)39)26(38)33-11-16-3-5-18(29)9-21(16)31/h3-10,13,15H,11-12,14H2,1-2H3,(H,33,38)(H,34,40)/t15-/m0/s1. The van der Waals surface area contributed by atoms with Gasteiger partial charge in [-0.1, -0.05) is 12.1 Å². The Bertz CT molecular complexity index is 1790. The fraction of sp³-hybridized carbons (Fsp3) is 0.214. The highest BCUT2D eigenvalue weighted by molar-refractivity contribution is 5.95. The quantitative estimate of drug-likeness (QED) is 0.289. The van der Waals surface area contributed by atoms with Gasteiger partial charge >= 0.3 is 6.09 Å². The maximum Gasteiger partial charge on any atom is 0.407 e. The van der Waals surface area contributed by atoms with Crippen molar-refractivity contribution in [2.24, 2.45) is 0 Å². The third-order valence-electron chi connectivity index (χ3n) is 6.29. The van der Waals surface area contributed by atoms with Gasteiger partial charge in [0.2, 0.25) is 5.43 Å². The average Bonchev–Trinajstić information content (AvgIpc) is 2.95.